The van der Waals surface area contributed by atoms with Crippen molar-refractivity contribution in [1.29, 1.82) is 0 Å². The summed E-state index contributed by atoms with van der Waals surface area (Å²) in [5, 5.41) is 64.2. The number of thiophene rings is 1. The first kappa shape index (κ1) is 74.4. The fourth-order valence-electron chi connectivity index (χ4n) is 7.71. The summed E-state index contributed by atoms with van der Waals surface area (Å²) in [4.78, 5) is 20.2. The van der Waals surface area contributed by atoms with Crippen LogP contribution < -0.4 is 50.5 Å². The van der Waals surface area contributed by atoms with Crippen molar-refractivity contribution in [3.8, 4) is 39.9 Å². The second-order valence-corrected chi connectivity index (χ2v) is 19.7. The van der Waals surface area contributed by atoms with Crippen LogP contribution in [0.15, 0.2) is 278 Å². The molecular weight excluding hydrogens is 1100 g/mol. The number of hydrogen-bond acceptors (Lipinski definition) is 8. The molecule has 2 aromatic heterocycles. The van der Waals surface area contributed by atoms with Gasteiger partial charge in [-0.25, -0.2) is 25.0 Å². The average Bonchev–Trinajstić information content (AvgIpc) is 4.35. The summed E-state index contributed by atoms with van der Waals surface area (Å²) < 4.78 is 0. The van der Waals surface area contributed by atoms with Crippen LogP contribution in [-0.2, 0) is 0 Å². The maximum absolute atomic E-state index is 11.6. The van der Waals surface area contributed by atoms with Crippen LogP contribution in [0.4, 0.5) is 27.9 Å². The van der Waals surface area contributed by atoms with Gasteiger partial charge in [-0.1, -0.05) is 217 Å². The van der Waals surface area contributed by atoms with Gasteiger partial charge in [-0.15, -0.1) is 11.3 Å². The number of para-hydroxylation sites is 9. The van der Waals surface area contributed by atoms with Crippen LogP contribution in [0.3, 0.4) is 0 Å². The molecule has 2 heterocycles. The summed E-state index contributed by atoms with van der Waals surface area (Å²) >= 11 is 3.12. The van der Waals surface area contributed by atoms with Crippen molar-refractivity contribution in [2.45, 2.75) is 0 Å². The van der Waals surface area contributed by atoms with Crippen LogP contribution in [-0.4, -0.2) is 130 Å². The molecule has 10 radical (unpaired) electrons. The van der Waals surface area contributed by atoms with Crippen molar-refractivity contribution in [2.75, 3.05) is 0 Å². The van der Waals surface area contributed by atoms with E-state index < -0.39 is 0 Å². The van der Waals surface area contributed by atoms with Crippen molar-refractivity contribution in [2.24, 2.45) is 0 Å². The van der Waals surface area contributed by atoms with E-state index in [1.54, 1.807) is 109 Å². The van der Waals surface area contributed by atoms with Crippen molar-refractivity contribution in [3.05, 3.63) is 305 Å². The number of nitrogens with zero attached hydrogens (tertiary/aromatic N) is 1. The van der Waals surface area contributed by atoms with Crippen LogP contribution in [0.5, 0.6) is 28.7 Å². The summed E-state index contributed by atoms with van der Waals surface area (Å²) in [7, 11) is 0. The Bertz CT molecular complexity index is 3980. The molecule has 10 aromatic carbocycles. The van der Waals surface area contributed by atoms with E-state index in [4.69, 9.17) is 0 Å². The predicted molar refractivity (Wildman–Crippen MR) is 356 cm³/mol. The van der Waals surface area contributed by atoms with Gasteiger partial charge in [-0.3, -0.25) is 0 Å². The van der Waals surface area contributed by atoms with E-state index in [2.05, 4.69) is 72.4 Å². The average molecular weight is 1160 g/mol. The van der Waals surface area contributed by atoms with E-state index in [-0.39, 0.29) is 123 Å². The third-order valence-corrected chi connectivity index (χ3v) is 13.5. The molecule has 0 spiro atoms. The van der Waals surface area contributed by atoms with Gasteiger partial charge in [-0.2, -0.15) is 0 Å². The Morgan fingerprint density at radius 2 is 0.705 bits per heavy atom. The summed E-state index contributed by atoms with van der Waals surface area (Å²) in [6.07, 6.45) is 10.7. The molecule has 0 unspecified atom stereocenters. The van der Waals surface area contributed by atoms with Crippen LogP contribution in [0.1, 0.15) is 27.1 Å². The van der Waals surface area contributed by atoms with Gasteiger partial charge < -0.3 is 120 Å². The zero-order valence-corrected chi connectivity index (χ0v) is 51.4. The van der Waals surface area contributed by atoms with E-state index in [0.29, 0.717) is 28.3 Å². The van der Waals surface area contributed by atoms with Crippen LogP contribution in [0.2, 0.25) is 0 Å². The van der Waals surface area contributed by atoms with E-state index in [9.17, 15) is 25.5 Å². The normalized spacial score (nSPS) is 10.3. The second kappa shape index (κ2) is 41.3. The molecule has 11 nitrogen and oxygen atoms in total. The standard InChI is InChI=1S/C19H15NO.C17H13NO.C13H11NO.C11H9NOS.C10H8N2OS.5Li/c21-19-9-5-4-8-18(19)20-14-15-10-12-17(13-11-15)16-6-2-1-3-7-16;19-17-11-4-3-10-16(17)18-12-14-8-5-7-13-6-1-2-9-15(13)14;15-13-9-5-4-8-12(13)14-10-11-6-2-1-3-7-11;13-11-6-2-1-5-10(11)12-8-9-4-3-7-14-9;13-9-4-2-1-3-8(9)7-12-10-11-5-6-14-10;;;;;/h1-14,21H;1-12,19H;1-10,15H;1-8,13H;1-7,13H;;;;;/q;;;;;5*-1. The Morgan fingerprint density at radius 1 is 0.295 bits per heavy atom. The van der Waals surface area contributed by atoms with Crippen LogP contribution >= 0.6 is 22.7 Å². The number of rotatable bonds is 11. The summed E-state index contributed by atoms with van der Waals surface area (Å²) in [6, 6.07) is 81.0. The van der Waals surface area contributed by atoms with E-state index in [1.165, 1.54) is 39.3 Å². The molecule has 0 atom stereocenters. The number of nitrogens with one attached hydrogen (secondary N) is 5. The van der Waals surface area contributed by atoms with Gasteiger partial charge in [0.15, 0.2) is 53.8 Å². The van der Waals surface area contributed by atoms with Gasteiger partial charge in [0.2, 0.25) is 0 Å². The van der Waals surface area contributed by atoms with Gasteiger partial charge in [0.25, 0.3) is 0 Å². The van der Waals surface area contributed by atoms with Crippen molar-refractivity contribution < 1.29 is 50.5 Å². The molecule has 12 aromatic rings. The third-order valence-electron chi connectivity index (χ3n) is 12.0. The molecule has 88 heavy (non-hydrogen) atoms. The number of thiazole rings is 1. The minimum atomic E-state index is -0.00495. The maximum Gasteiger partial charge on any atom is 0.379 e. The van der Waals surface area contributed by atoms with Gasteiger partial charge >= 0.3 is 5.13 Å². The van der Waals surface area contributed by atoms with E-state index in [1.807, 2.05) is 163 Å². The van der Waals surface area contributed by atoms with Crippen molar-refractivity contribution in [3.63, 3.8) is 0 Å². The van der Waals surface area contributed by atoms with E-state index >= 15 is 0 Å². The van der Waals surface area contributed by atoms with Gasteiger partial charge in [0, 0.05) is 51.9 Å². The van der Waals surface area contributed by atoms with Gasteiger partial charge in [0.05, 0.1) is 11.1 Å². The first-order valence-electron chi connectivity index (χ1n) is 26.2. The maximum atomic E-state index is 11.6. The number of hydrogen-bond donors (Lipinski definition) is 5. The quantitative estimate of drug-likeness (QED) is 0.0973. The molecule has 12 rings (SSSR count). The minimum absolute atomic E-state index is 0. The Labute approximate surface area is 581 Å². The number of aromatic nitrogens is 1. The van der Waals surface area contributed by atoms with Crippen LogP contribution in [0.25, 0.3) is 21.9 Å². The molecule has 0 amide bonds. The molecule has 0 saturated carbocycles. The minimum Gasteiger partial charge on any atom is -1.00 e. The summed E-state index contributed by atoms with van der Waals surface area (Å²) in [6.45, 7) is 0. The SMILES string of the molecule is [Li-].[Li-].[Li-].[Li-].[Li-].[O-]c1ccccc1C=[NH+]c1nccs1.[O-]c1ccccc1[NH+]=Cc1ccc(-c2ccccc2)cc1.[O-]c1ccccc1[NH+]=Cc1cccc2ccccc12.[O-]c1ccccc1[NH+]=Cc1ccccc1.[O-]c1ccccc1[NH+]=Cc1cccs1. The third kappa shape index (κ3) is 24.7. The fraction of sp³-hybridized carbons (Fsp3) is 0. The summed E-state index contributed by atoms with van der Waals surface area (Å²) in [5.74, 6) is 0.0233. The van der Waals surface area contributed by atoms with Crippen LogP contribution in [0, 0.1) is 0 Å². The molecule has 0 fully saturated rings. The fourth-order valence-corrected chi connectivity index (χ4v) is 8.80. The zero-order valence-electron chi connectivity index (χ0n) is 49.7. The molecule has 0 aliphatic carbocycles. The summed E-state index contributed by atoms with van der Waals surface area (Å²) in [5.41, 5.74) is 8.55. The van der Waals surface area contributed by atoms with Gasteiger partial charge in [-0.05, 0) is 91.7 Å². The van der Waals surface area contributed by atoms with E-state index in [0.717, 1.165) is 26.7 Å². The topological polar surface area (TPSA) is 198 Å². The molecule has 418 valence electrons. The number of fused-ring (bicyclic) bond motifs is 1. The Balaban J connectivity index is 0.000000286. The number of benzene rings is 10. The van der Waals surface area contributed by atoms with Crippen molar-refractivity contribution >= 4 is 187 Å². The zero-order chi connectivity index (χ0) is 57.7. The predicted octanol–water partition coefficient (Wildman–Crippen LogP) is 3.39. The molecule has 18 heteroatoms. The molecule has 0 saturated heterocycles. The smallest absolute Gasteiger partial charge is 0.379 e. The molecule has 5 N–H and O–H groups in total. The second-order valence-electron chi connectivity index (χ2n) is 17.8. The largest absolute Gasteiger partial charge is 1.00 e. The first-order valence-corrected chi connectivity index (χ1v) is 27.9. The molecular formula is C70H56Li5N6O5S2-5. The Hall–Kier alpha value is -7.87. The van der Waals surface area contributed by atoms with Gasteiger partial charge in [0.1, 0.15) is 0 Å². The molecule has 0 bridgehead atoms. The Kier molecular flexibility index (Phi) is 34.9. The Morgan fingerprint density at radius 3 is 1.20 bits per heavy atom. The first-order chi connectivity index (χ1) is 40.8. The molecule has 0 aliphatic heterocycles. The van der Waals surface area contributed by atoms with Crippen molar-refractivity contribution in [1.82, 2.24) is 4.98 Å². The molecule has 0 aliphatic rings. The monoisotopic (exact) mass is 1160 g/mol.